The first-order valence-electron chi connectivity index (χ1n) is 5.46. The highest BCUT2D eigenvalue weighted by Gasteiger charge is 2.27. The summed E-state index contributed by atoms with van der Waals surface area (Å²) in [7, 11) is -3.79. The van der Waals surface area contributed by atoms with Gasteiger partial charge in [-0.25, -0.2) is 13.1 Å². The average Bonchev–Trinajstić information content (AvgIpc) is 2.24. The minimum absolute atomic E-state index is 0.00687. The lowest BCUT2D eigenvalue weighted by molar-refractivity contribution is -0.385. The molecular weight excluding hydrogens is 258 g/mol. The van der Waals surface area contributed by atoms with Crippen LogP contribution in [0.5, 0.6) is 0 Å². The summed E-state index contributed by atoms with van der Waals surface area (Å²) in [5.74, 6) is 0. The van der Waals surface area contributed by atoms with Gasteiger partial charge in [0.1, 0.15) is 4.90 Å². The number of hydrogen-bond donors (Lipinski definition) is 2. The molecule has 0 atom stereocenters. The van der Waals surface area contributed by atoms with Gasteiger partial charge in [-0.05, 0) is 18.9 Å². The zero-order chi connectivity index (χ0) is 13.3. The number of hydrogen-bond acceptors (Lipinski definition) is 5. The maximum absolute atomic E-state index is 12.0. The van der Waals surface area contributed by atoms with Crippen LogP contribution in [-0.2, 0) is 10.0 Å². The van der Waals surface area contributed by atoms with E-state index in [1.807, 2.05) is 0 Å². The van der Waals surface area contributed by atoms with Gasteiger partial charge in [0, 0.05) is 18.2 Å². The van der Waals surface area contributed by atoms with E-state index < -0.39 is 14.9 Å². The van der Waals surface area contributed by atoms with Crippen molar-refractivity contribution in [2.75, 3.05) is 5.73 Å². The molecule has 0 aliphatic heterocycles. The number of sulfonamides is 1. The molecule has 1 aromatic carbocycles. The molecular formula is C10H13N3O4S. The normalized spacial score (nSPS) is 16.2. The molecule has 2 rings (SSSR count). The van der Waals surface area contributed by atoms with Crippen molar-refractivity contribution in [3.63, 3.8) is 0 Å². The SMILES string of the molecule is Nc1ccc([N+](=O)[O-])cc1S(=O)(=O)NC1CCC1. The maximum Gasteiger partial charge on any atom is 0.270 e. The van der Waals surface area contributed by atoms with Gasteiger partial charge in [0.2, 0.25) is 10.0 Å². The number of nitro benzene ring substituents is 1. The van der Waals surface area contributed by atoms with E-state index in [1.165, 1.54) is 12.1 Å². The molecule has 98 valence electrons. The summed E-state index contributed by atoms with van der Waals surface area (Å²) >= 11 is 0. The van der Waals surface area contributed by atoms with Crippen LogP contribution in [-0.4, -0.2) is 19.4 Å². The first-order chi connectivity index (χ1) is 8.40. The van der Waals surface area contributed by atoms with Gasteiger partial charge >= 0.3 is 0 Å². The Balaban J connectivity index is 2.35. The van der Waals surface area contributed by atoms with Crippen LogP contribution in [0.3, 0.4) is 0 Å². The van der Waals surface area contributed by atoms with E-state index >= 15 is 0 Å². The van der Waals surface area contributed by atoms with Crippen LogP contribution < -0.4 is 10.5 Å². The number of rotatable bonds is 4. The Kier molecular flexibility index (Phi) is 3.22. The lowest BCUT2D eigenvalue weighted by atomic mass is 9.94. The molecule has 0 amide bonds. The second-order valence-corrected chi connectivity index (χ2v) is 5.91. The number of benzene rings is 1. The Labute approximate surface area is 104 Å². The number of nitrogen functional groups attached to an aromatic ring is 1. The molecule has 1 saturated carbocycles. The van der Waals surface area contributed by atoms with E-state index in [0.29, 0.717) is 0 Å². The summed E-state index contributed by atoms with van der Waals surface area (Å²) in [5, 5.41) is 10.6. The monoisotopic (exact) mass is 271 g/mol. The van der Waals surface area contributed by atoms with Crippen LogP contribution in [0.25, 0.3) is 0 Å². The second kappa shape index (κ2) is 4.54. The molecule has 0 heterocycles. The number of anilines is 1. The topological polar surface area (TPSA) is 115 Å². The van der Waals surface area contributed by atoms with Crippen molar-refractivity contribution in [1.29, 1.82) is 0 Å². The van der Waals surface area contributed by atoms with Crippen molar-refractivity contribution in [3.05, 3.63) is 28.3 Å². The third-order valence-electron chi connectivity index (χ3n) is 2.92. The van der Waals surface area contributed by atoms with Gasteiger partial charge in [-0.1, -0.05) is 6.42 Å². The standard InChI is InChI=1S/C10H13N3O4S/c11-9-5-4-8(13(14)15)6-10(9)18(16,17)12-7-2-1-3-7/h4-7,12H,1-3,11H2. The molecule has 1 aliphatic rings. The molecule has 7 nitrogen and oxygen atoms in total. The van der Waals surface area contributed by atoms with E-state index in [0.717, 1.165) is 25.3 Å². The Morgan fingerprint density at radius 1 is 1.39 bits per heavy atom. The van der Waals surface area contributed by atoms with Gasteiger partial charge in [0.25, 0.3) is 5.69 Å². The first kappa shape index (κ1) is 12.8. The molecule has 18 heavy (non-hydrogen) atoms. The third-order valence-corrected chi connectivity index (χ3v) is 4.50. The van der Waals surface area contributed by atoms with E-state index in [9.17, 15) is 18.5 Å². The molecule has 0 saturated heterocycles. The van der Waals surface area contributed by atoms with Gasteiger partial charge in [-0.15, -0.1) is 0 Å². The second-order valence-electron chi connectivity index (χ2n) is 4.23. The lowest BCUT2D eigenvalue weighted by Crippen LogP contribution is -2.39. The zero-order valence-electron chi connectivity index (χ0n) is 9.50. The predicted molar refractivity (Wildman–Crippen MR) is 65.5 cm³/mol. The van der Waals surface area contributed by atoms with Gasteiger partial charge in [-0.2, -0.15) is 0 Å². The van der Waals surface area contributed by atoms with Crippen molar-refractivity contribution in [2.24, 2.45) is 0 Å². The number of non-ortho nitro benzene ring substituents is 1. The van der Waals surface area contributed by atoms with Crippen LogP contribution in [0.2, 0.25) is 0 Å². The minimum Gasteiger partial charge on any atom is -0.398 e. The average molecular weight is 271 g/mol. The Morgan fingerprint density at radius 3 is 2.56 bits per heavy atom. The molecule has 3 N–H and O–H groups in total. The summed E-state index contributed by atoms with van der Waals surface area (Å²) in [4.78, 5) is 9.75. The van der Waals surface area contributed by atoms with E-state index in [1.54, 1.807) is 0 Å². The largest absolute Gasteiger partial charge is 0.398 e. The van der Waals surface area contributed by atoms with E-state index in [4.69, 9.17) is 5.73 Å². The van der Waals surface area contributed by atoms with Crippen LogP contribution in [0, 0.1) is 10.1 Å². The molecule has 0 radical (unpaired) electrons. The summed E-state index contributed by atoms with van der Waals surface area (Å²) in [6.07, 6.45) is 2.56. The molecule has 0 unspecified atom stereocenters. The lowest BCUT2D eigenvalue weighted by Gasteiger charge is -2.26. The molecule has 1 aliphatic carbocycles. The van der Waals surface area contributed by atoms with Gasteiger partial charge < -0.3 is 5.73 Å². The highest BCUT2D eigenvalue weighted by atomic mass is 32.2. The van der Waals surface area contributed by atoms with Crippen molar-refractivity contribution in [3.8, 4) is 0 Å². The quantitative estimate of drug-likeness (QED) is 0.481. The molecule has 0 spiro atoms. The minimum atomic E-state index is -3.79. The Bertz CT molecular complexity index is 581. The van der Waals surface area contributed by atoms with E-state index in [2.05, 4.69) is 4.72 Å². The highest BCUT2D eigenvalue weighted by molar-refractivity contribution is 7.89. The maximum atomic E-state index is 12.0. The zero-order valence-corrected chi connectivity index (χ0v) is 10.3. The van der Waals surface area contributed by atoms with Crippen molar-refractivity contribution in [2.45, 2.75) is 30.2 Å². The van der Waals surface area contributed by atoms with Crippen LogP contribution in [0.15, 0.2) is 23.1 Å². The third kappa shape index (κ3) is 2.44. The first-order valence-corrected chi connectivity index (χ1v) is 6.95. The Hall–Kier alpha value is -1.67. The molecule has 1 aromatic rings. The van der Waals surface area contributed by atoms with Crippen molar-refractivity contribution >= 4 is 21.4 Å². The number of nitro groups is 1. The van der Waals surface area contributed by atoms with Gasteiger partial charge in [0.15, 0.2) is 0 Å². The molecule has 0 aromatic heterocycles. The smallest absolute Gasteiger partial charge is 0.270 e. The molecule has 8 heteroatoms. The van der Waals surface area contributed by atoms with Gasteiger partial charge in [-0.3, -0.25) is 10.1 Å². The summed E-state index contributed by atoms with van der Waals surface area (Å²) in [6.45, 7) is 0. The summed E-state index contributed by atoms with van der Waals surface area (Å²) in [6, 6.07) is 3.30. The van der Waals surface area contributed by atoms with Crippen LogP contribution >= 0.6 is 0 Å². The van der Waals surface area contributed by atoms with Gasteiger partial charge in [0.05, 0.1) is 10.6 Å². The van der Waals surface area contributed by atoms with Crippen molar-refractivity contribution < 1.29 is 13.3 Å². The number of nitrogens with zero attached hydrogens (tertiary/aromatic N) is 1. The predicted octanol–water partition coefficient (Wildman–Crippen LogP) is 1.01. The number of nitrogens with two attached hydrogens (primary N) is 1. The fourth-order valence-corrected chi connectivity index (χ4v) is 3.13. The molecule has 1 fully saturated rings. The number of nitrogens with one attached hydrogen (secondary N) is 1. The van der Waals surface area contributed by atoms with Crippen molar-refractivity contribution in [1.82, 2.24) is 4.72 Å². The summed E-state index contributed by atoms with van der Waals surface area (Å²) < 4.78 is 26.5. The summed E-state index contributed by atoms with van der Waals surface area (Å²) in [5.41, 5.74) is 5.28. The van der Waals surface area contributed by atoms with Crippen LogP contribution in [0.1, 0.15) is 19.3 Å². The van der Waals surface area contributed by atoms with Crippen LogP contribution in [0.4, 0.5) is 11.4 Å². The van der Waals surface area contributed by atoms with E-state index in [-0.39, 0.29) is 22.3 Å². The fraction of sp³-hybridized carbons (Fsp3) is 0.400. The molecule has 0 bridgehead atoms. The Morgan fingerprint density at radius 2 is 2.06 bits per heavy atom. The fourth-order valence-electron chi connectivity index (χ4n) is 1.68. The highest BCUT2D eigenvalue weighted by Crippen LogP contribution is 2.26.